The Kier molecular flexibility index (Phi) is 4.80. The SMILES string of the molecule is CC1CC(NC(=O)c2ccn(-c3cccc(C(F)(F)F)c3)n2)CCN1. The zero-order valence-corrected chi connectivity index (χ0v) is 13.7. The number of piperidine rings is 1. The summed E-state index contributed by atoms with van der Waals surface area (Å²) in [4.78, 5) is 12.3. The van der Waals surface area contributed by atoms with Gasteiger partial charge >= 0.3 is 6.18 Å². The van der Waals surface area contributed by atoms with Gasteiger partial charge in [0.1, 0.15) is 0 Å². The monoisotopic (exact) mass is 352 g/mol. The smallest absolute Gasteiger partial charge is 0.348 e. The zero-order valence-electron chi connectivity index (χ0n) is 13.7. The summed E-state index contributed by atoms with van der Waals surface area (Å²) in [5.41, 5.74) is -0.317. The van der Waals surface area contributed by atoms with Crippen LogP contribution in [0.3, 0.4) is 0 Å². The number of carbonyl (C=O) groups excluding carboxylic acids is 1. The highest BCUT2D eigenvalue weighted by molar-refractivity contribution is 5.92. The van der Waals surface area contributed by atoms with E-state index in [2.05, 4.69) is 22.7 Å². The van der Waals surface area contributed by atoms with Gasteiger partial charge in [-0.15, -0.1) is 0 Å². The molecule has 1 amide bonds. The second-order valence-corrected chi connectivity index (χ2v) is 6.24. The number of benzene rings is 1. The van der Waals surface area contributed by atoms with Crippen molar-refractivity contribution < 1.29 is 18.0 Å². The van der Waals surface area contributed by atoms with Crippen molar-refractivity contribution in [3.05, 3.63) is 47.8 Å². The number of aromatic nitrogens is 2. The summed E-state index contributed by atoms with van der Waals surface area (Å²) in [6.45, 7) is 2.89. The van der Waals surface area contributed by atoms with Crippen LogP contribution in [0.25, 0.3) is 5.69 Å². The fourth-order valence-corrected chi connectivity index (χ4v) is 2.94. The van der Waals surface area contributed by atoms with Gasteiger partial charge in [-0.05, 0) is 50.6 Å². The molecule has 5 nitrogen and oxygen atoms in total. The van der Waals surface area contributed by atoms with E-state index in [1.54, 1.807) is 0 Å². The fraction of sp³-hybridized carbons (Fsp3) is 0.412. The number of nitrogens with zero attached hydrogens (tertiary/aromatic N) is 2. The van der Waals surface area contributed by atoms with E-state index < -0.39 is 11.7 Å². The second-order valence-electron chi connectivity index (χ2n) is 6.24. The molecule has 1 aliphatic rings. The van der Waals surface area contributed by atoms with E-state index in [-0.39, 0.29) is 23.3 Å². The van der Waals surface area contributed by atoms with Crippen molar-refractivity contribution >= 4 is 5.91 Å². The highest BCUT2D eigenvalue weighted by Crippen LogP contribution is 2.30. The van der Waals surface area contributed by atoms with E-state index in [0.717, 1.165) is 31.5 Å². The van der Waals surface area contributed by atoms with Gasteiger partial charge in [0.2, 0.25) is 0 Å². The number of nitrogens with one attached hydrogen (secondary N) is 2. The molecule has 8 heteroatoms. The molecule has 3 rings (SSSR count). The number of rotatable bonds is 3. The number of hydrogen-bond donors (Lipinski definition) is 2. The minimum Gasteiger partial charge on any atom is -0.348 e. The van der Waals surface area contributed by atoms with Crippen molar-refractivity contribution in [3.8, 4) is 5.69 Å². The summed E-state index contributed by atoms with van der Waals surface area (Å²) in [5, 5.41) is 10.3. The third-order valence-electron chi connectivity index (χ3n) is 4.22. The molecular weight excluding hydrogens is 333 g/mol. The molecule has 1 saturated heterocycles. The normalized spacial score (nSPS) is 21.1. The molecule has 2 N–H and O–H groups in total. The Balaban J connectivity index is 1.73. The fourth-order valence-electron chi connectivity index (χ4n) is 2.94. The van der Waals surface area contributed by atoms with Crippen LogP contribution in [0.4, 0.5) is 13.2 Å². The van der Waals surface area contributed by atoms with E-state index in [0.29, 0.717) is 6.04 Å². The van der Waals surface area contributed by atoms with E-state index >= 15 is 0 Å². The molecule has 2 heterocycles. The molecule has 1 aliphatic heterocycles. The predicted molar refractivity (Wildman–Crippen MR) is 86.5 cm³/mol. The molecule has 2 unspecified atom stereocenters. The maximum Gasteiger partial charge on any atom is 0.416 e. The van der Waals surface area contributed by atoms with Crippen LogP contribution in [0.2, 0.25) is 0 Å². The van der Waals surface area contributed by atoms with Gasteiger partial charge in [-0.3, -0.25) is 4.79 Å². The third kappa shape index (κ3) is 4.19. The van der Waals surface area contributed by atoms with Gasteiger partial charge in [0.15, 0.2) is 5.69 Å². The predicted octanol–water partition coefficient (Wildman–Crippen LogP) is 2.76. The Morgan fingerprint density at radius 3 is 2.88 bits per heavy atom. The van der Waals surface area contributed by atoms with Crippen LogP contribution in [0.1, 0.15) is 35.8 Å². The van der Waals surface area contributed by atoms with Crippen molar-refractivity contribution in [1.82, 2.24) is 20.4 Å². The summed E-state index contributed by atoms with van der Waals surface area (Å²) < 4.78 is 39.7. The van der Waals surface area contributed by atoms with Crippen molar-refractivity contribution in [2.75, 3.05) is 6.54 Å². The first-order valence-electron chi connectivity index (χ1n) is 8.10. The van der Waals surface area contributed by atoms with Crippen LogP contribution >= 0.6 is 0 Å². The lowest BCUT2D eigenvalue weighted by atomic mass is 10.0. The van der Waals surface area contributed by atoms with Gasteiger partial charge in [-0.1, -0.05) is 6.07 Å². The average Bonchev–Trinajstić information content (AvgIpc) is 3.04. The minimum absolute atomic E-state index is 0.0717. The van der Waals surface area contributed by atoms with Gasteiger partial charge in [-0.2, -0.15) is 18.3 Å². The largest absolute Gasteiger partial charge is 0.416 e. The van der Waals surface area contributed by atoms with Crippen LogP contribution in [0.5, 0.6) is 0 Å². The van der Waals surface area contributed by atoms with Crippen molar-refractivity contribution in [1.29, 1.82) is 0 Å². The standard InChI is InChI=1S/C17H19F3N4O/c1-11-9-13(5-7-21-11)22-16(25)15-6-8-24(23-15)14-4-2-3-12(10-14)17(18,19)20/h2-4,6,8,10-11,13,21H,5,7,9H2,1H3,(H,22,25). The molecule has 0 radical (unpaired) electrons. The summed E-state index contributed by atoms with van der Waals surface area (Å²) in [7, 11) is 0. The zero-order chi connectivity index (χ0) is 18.0. The van der Waals surface area contributed by atoms with Crippen LogP contribution in [-0.4, -0.2) is 34.3 Å². The maximum absolute atomic E-state index is 12.8. The van der Waals surface area contributed by atoms with Gasteiger partial charge < -0.3 is 10.6 Å². The molecule has 2 aromatic rings. The summed E-state index contributed by atoms with van der Waals surface area (Å²) in [5.74, 6) is -0.315. The summed E-state index contributed by atoms with van der Waals surface area (Å²) >= 11 is 0. The van der Waals surface area contributed by atoms with Crippen molar-refractivity contribution in [2.24, 2.45) is 0 Å². The van der Waals surface area contributed by atoms with Crippen molar-refractivity contribution in [2.45, 2.75) is 38.0 Å². The average molecular weight is 352 g/mol. The molecule has 0 spiro atoms. The molecule has 0 saturated carbocycles. The summed E-state index contributed by atoms with van der Waals surface area (Å²) in [6, 6.07) is 6.74. The van der Waals surface area contributed by atoms with E-state index in [4.69, 9.17) is 0 Å². The minimum atomic E-state index is -4.42. The Bertz CT molecular complexity index is 756. The molecule has 1 aromatic heterocycles. The molecular formula is C17H19F3N4O. The van der Waals surface area contributed by atoms with E-state index in [9.17, 15) is 18.0 Å². The first-order chi connectivity index (χ1) is 11.8. The highest BCUT2D eigenvalue weighted by Gasteiger charge is 2.30. The lowest BCUT2D eigenvalue weighted by molar-refractivity contribution is -0.137. The second kappa shape index (κ2) is 6.87. The number of hydrogen-bond acceptors (Lipinski definition) is 3. The molecule has 1 aromatic carbocycles. The van der Waals surface area contributed by atoms with E-state index in [1.165, 1.54) is 29.1 Å². The Hall–Kier alpha value is -2.35. The van der Waals surface area contributed by atoms with E-state index in [1.807, 2.05) is 0 Å². The molecule has 1 fully saturated rings. The summed E-state index contributed by atoms with van der Waals surface area (Å²) in [6.07, 6.45) is -1.27. The number of amides is 1. The van der Waals surface area contributed by atoms with Crippen molar-refractivity contribution in [3.63, 3.8) is 0 Å². The van der Waals surface area contributed by atoms with Gasteiger partial charge in [-0.25, -0.2) is 4.68 Å². The highest BCUT2D eigenvalue weighted by atomic mass is 19.4. The molecule has 0 bridgehead atoms. The third-order valence-corrected chi connectivity index (χ3v) is 4.22. The number of carbonyl (C=O) groups is 1. The molecule has 134 valence electrons. The van der Waals surface area contributed by atoms with Gasteiger partial charge in [0.05, 0.1) is 11.3 Å². The van der Waals surface area contributed by atoms with Gasteiger partial charge in [0, 0.05) is 18.3 Å². The first-order valence-corrected chi connectivity index (χ1v) is 8.10. The molecule has 0 aliphatic carbocycles. The maximum atomic E-state index is 12.8. The lowest BCUT2D eigenvalue weighted by Crippen LogP contribution is -2.46. The first kappa shape index (κ1) is 17.5. The van der Waals surface area contributed by atoms with Crippen LogP contribution < -0.4 is 10.6 Å². The Labute approximate surface area is 143 Å². The topological polar surface area (TPSA) is 59.0 Å². The number of halogens is 3. The number of alkyl halides is 3. The lowest BCUT2D eigenvalue weighted by Gasteiger charge is -2.28. The van der Waals surface area contributed by atoms with Crippen LogP contribution in [-0.2, 0) is 6.18 Å². The Morgan fingerprint density at radius 1 is 1.36 bits per heavy atom. The molecule has 2 atom stereocenters. The molecule has 25 heavy (non-hydrogen) atoms. The Morgan fingerprint density at radius 2 is 2.16 bits per heavy atom. The van der Waals surface area contributed by atoms with Crippen LogP contribution in [0.15, 0.2) is 36.5 Å². The quantitative estimate of drug-likeness (QED) is 0.893. The van der Waals surface area contributed by atoms with Crippen LogP contribution in [0, 0.1) is 0 Å². The van der Waals surface area contributed by atoms with Gasteiger partial charge in [0.25, 0.3) is 5.91 Å².